The maximum atomic E-state index is 10.9. The largest absolute Gasteiger partial charge is 0.477 e. The quantitative estimate of drug-likeness (QED) is 0.890. The number of carbonyl (C=O) groups is 1. The molecule has 0 amide bonds. The lowest BCUT2D eigenvalue weighted by atomic mass is 9.93. The molecule has 0 spiro atoms. The second kappa shape index (κ2) is 7.39. The molecule has 3 heterocycles. The zero-order valence-electron chi connectivity index (χ0n) is 12.7. The normalized spacial score (nSPS) is 21.2. The van der Waals surface area contributed by atoms with Gasteiger partial charge in [0.1, 0.15) is 4.88 Å². The van der Waals surface area contributed by atoms with Crippen molar-refractivity contribution in [1.82, 2.24) is 9.88 Å². The van der Waals surface area contributed by atoms with Gasteiger partial charge >= 0.3 is 5.97 Å². The standard InChI is InChI=1S/C15H23N3O3S/c19-14(20)13-11-16-15(22-13)18-5-2-12(3-6-18)1-4-17-7-9-21-10-8-17/h11-12H,1-10H2,(H,19,20). The Bertz CT molecular complexity index is 494. The fourth-order valence-electron chi connectivity index (χ4n) is 3.11. The van der Waals surface area contributed by atoms with Crippen LogP contribution in [0.2, 0.25) is 0 Å². The van der Waals surface area contributed by atoms with Crippen LogP contribution in [-0.2, 0) is 4.74 Å². The van der Waals surface area contributed by atoms with E-state index in [0.29, 0.717) is 4.88 Å². The van der Waals surface area contributed by atoms with Crippen molar-refractivity contribution in [2.45, 2.75) is 19.3 Å². The maximum absolute atomic E-state index is 10.9. The average Bonchev–Trinajstić information content (AvgIpc) is 3.05. The first-order valence-electron chi connectivity index (χ1n) is 7.96. The van der Waals surface area contributed by atoms with Gasteiger partial charge in [0, 0.05) is 26.2 Å². The summed E-state index contributed by atoms with van der Waals surface area (Å²) < 4.78 is 5.38. The van der Waals surface area contributed by atoms with Crippen LogP contribution in [0.25, 0.3) is 0 Å². The molecule has 2 aliphatic heterocycles. The highest BCUT2D eigenvalue weighted by Crippen LogP contribution is 2.28. The lowest BCUT2D eigenvalue weighted by Crippen LogP contribution is -2.39. The topological polar surface area (TPSA) is 65.9 Å². The number of aromatic carboxylic acids is 1. The van der Waals surface area contributed by atoms with Crippen LogP contribution in [0, 0.1) is 5.92 Å². The number of carboxylic acid groups (broad SMARTS) is 1. The number of hydrogen-bond acceptors (Lipinski definition) is 6. The molecule has 0 radical (unpaired) electrons. The van der Waals surface area contributed by atoms with Gasteiger partial charge in [0.25, 0.3) is 0 Å². The Morgan fingerprint density at radius 2 is 2.05 bits per heavy atom. The third kappa shape index (κ3) is 3.97. The fraction of sp³-hybridized carbons (Fsp3) is 0.733. The summed E-state index contributed by atoms with van der Waals surface area (Å²) in [6, 6.07) is 0. The van der Waals surface area contributed by atoms with Crippen LogP contribution in [0.1, 0.15) is 28.9 Å². The van der Waals surface area contributed by atoms with Crippen molar-refractivity contribution in [1.29, 1.82) is 0 Å². The van der Waals surface area contributed by atoms with E-state index in [9.17, 15) is 4.79 Å². The molecule has 2 saturated heterocycles. The molecule has 7 heteroatoms. The summed E-state index contributed by atoms with van der Waals surface area (Å²) in [5.74, 6) is -0.109. The number of morpholine rings is 1. The molecule has 1 aromatic rings. The number of carboxylic acids is 1. The van der Waals surface area contributed by atoms with Gasteiger partial charge in [-0.3, -0.25) is 4.90 Å². The van der Waals surface area contributed by atoms with E-state index in [2.05, 4.69) is 14.8 Å². The van der Waals surface area contributed by atoms with Crippen molar-refractivity contribution >= 4 is 22.4 Å². The molecular weight excluding hydrogens is 302 g/mol. The first-order chi connectivity index (χ1) is 10.7. The van der Waals surface area contributed by atoms with E-state index in [1.54, 1.807) is 0 Å². The SMILES string of the molecule is O=C(O)c1cnc(N2CCC(CCN3CCOCC3)CC2)s1. The maximum Gasteiger partial charge on any atom is 0.347 e. The van der Waals surface area contributed by atoms with Gasteiger partial charge in [0.15, 0.2) is 5.13 Å². The van der Waals surface area contributed by atoms with Crippen molar-refractivity contribution in [2.24, 2.45) is 5.92 Å². The highest BCUT2D eigenvalue weighted by molar-refractivity contribution is 7.17. The summed E-state index contributed by atoms with van der Waals surface area (Å²) in [6.07, 6.45) is 5.07. The highest BCUT2D eigenvalue weighted by Gasteiger charge is 2.23. The number of aromatic nitrogens is 1. The molecule has 22 heavy (non-hydrogen) atoms. The first-order valence-corrected chi connectivity index (χ1v) is 8.78. The van der Waals surface area contributed by atoms with E-state index in [0.717, 1.165) is 50.4 Å². The minimum Gasteiger partial charge on any atom is -0.477 e. The zero-order valence-corrected chi connectivity index (χ0v) is 13.6. The van der Waals surface area contributed by atoms with Gasteiger partial charge in [-0.05, 0) is 31.7 Å². The highest BCUT2D eigenvalue weighted by atomic mass is 32.1. The molecule has 0 atom stereocenters. The van der Waals surface area contributed by atoms with E-state index < -0.39 is 5.97 Å². The van der Waals surface area contributed by atoms with E-state index in [1.165, 1.54) is 43.3 Å². The number of anilines is 1. The number of ether oxygens (including phenoxy) is 1. The Kier molecular flexibility index (Phi) is 5.28. The van der Waals surface area contributed by atoms with Crippen LogP contribution in [0.5, 0.6) is 0 Å². The molecule has 0 aliphatic carbocycles. The van der Waals surface area contributed by atoms with Gasteiger partial charge in [-0.2, -0.15) is 0 Å². The Labute approximate surface area is 134 Å². The Morgan fingerprint density at radius 1 is 1.32 bits per heavy atom. The summed E-state index contributed by atoms with van der Waals surface area (Å²) >= 11 is 1.28. The van der Waals surface area contributed by atoms with Crippen molar-refractivity contribution in [3.05, 3.63) is 11.1 Å². The van der Waals surface area contributed by atoms with Gasteiger partial charge < -0.3 is 14.7 Å². The molecule has 3 rings (SSSR count). The molecule has 0 unspecified atom stereocenters. The second-order valence-electron chi connectivity index (χ2n) is 5.99. The van der Waals surface area contributed by atoms with E-state index in [4.69, 9.17) is 9.84 Å². The molecule has 0 saturated carbocycles. The Hall–Kier alpha value is -1.18. The second-order valence-corrected chi connectivity index (χ2v) is 6.99. The molecular formula is C15H23N3O3S. The number of piperidine rings is 1. The van der Waals surface area contributed by atoms with Crippen LogP contribution in [0.4, 0.5) is 5.13 Å². The molecule has 1 aromatic heterocycles. The van der Waals surface area contributed by atoms with E-state index in [-0.39, 0.29) is 0 Å². The summed E-state index contributed by atoms with van der Waals surface area (Å²) in [5, 5.41) is 9.82. The lowest BCUT2D eigenvalue weighted by Gasteiger charge is -2.33. The van der Waals surface area contributed by atoms with Crippen molar-refractivity contribution < 1.29 is 14.6 Å². The molecule has 2 fully saturated rings. The van der Waals surface area contributed by atoms with E-state index in [1.807, 2.05) is 0 Å². The molecule has 2 aliphatic rings. The smallest absolute Gasteiger partial charge is 0.347 e. The van der Waals surface area contributed by atoms with Gasteiger partial charge in [-0.1, -0.05) is 11.3 Å². The predicted molar refractivity (Wildman–Crippen MR) is 85.9 cm³/mol. The Morgan fingerprint density at radius 3 is 2.68 bits per heavy atom. The molecule has 6 nitrogen and oxygen atoms in total. The van der Waals surface area contributed by atoms with Crippen LogP contribution in [0.15, 0.2) is 6.20 Å². The summed E-state index contributed by atoms with van der Waals surface area (Å²) in [5.41, 5.74) is 0. The van der Waals surface area contributed by atoms with Crippen LogP contribution in [-0.4, -0.2) is 66.9 Å². The monoisotopic (exact) mass is 325 g/mol. The van der Waals surface area contributed by atoms with E-state index >= 15 is 0 Å². The van der Waals surface area contributed by atoms with Gasteiger partial charge in [0.05, 0.1) is 19.4 Å². The average molecular weight is 325 g/mol. The third-order valence-corrected chi connectivity index (χ3v) is 5.59. The lowest BCUT2D eigenvalue weighted by molar-refractivity contribution is 0.0349. The molecule has 0 bridgehead atoms. The summed E-state index contributed by atoms with van der Waals surface area (Å²) in [4.78, 5) is 20.2. The predicted octanol–water partition coefficient (Wildman–Crippen LogP) is 1.78. The summed E-state index contributed by atoms with van der Waals surface area (Å²) in [7, 11) is 0. The number of hydrogen-bond donors (Lipinski definition) is 1. The van der Waals surface area contributed by atoms with Gasteiger partial charge in [-0.25, -0.2) is 9.78 Å². The minimum atomic E-state index is -0.885. The zero-order chi connectivity index (χ0) is 15.4. The first kappa shape index (κ1) is 15.7. The third-order valence-electron chi connectivity index (χ3n) is 4.55. The Balaban J connectivity index is 1.42. The number of rotatable bonds is 5. The number of thiazole rings is 1. The fourth-order valence-corrected chi connectivity index (χ4v) is 3.92. The van der Waals surface area contributed by atoms with Gasteiger partial charge in [0.2, 0.25) is 0 Å². The van der Waals surface area contributed by atoms with Crippen molar-refractivity contribution in [3.8, 4) is 0 Å². The van der Waals surface area contributed by atoms with Gasteiger partial charge in [-0.15, -0.1) is 0 Å². The van der Waals surface area contributed by atoms with Crippen LogP contribution < -0.4 is 4.90 Å². The number of nitrogens with zero attached hydrogens (tertiary/aromatic N) is 3. The minimum absolute atomic E-state index is 0.324. The molecule has 122 valence electrons. The summed E-state index contributed by atoms with van der Waals surface area (Å²) in [6.45, 7) is 7.02. The van der Waals surface area contributed by atoms with Crippen molar-refractivity contribution in [2.75, 3.05) is 50.8 Å². The van der Waals surface area contributed by atoms with Crippen LogP contribution >= 0.6 is 11.3 Å². The van der Waals surface area contributed by atoms with Crippen LogP contribution in [0.3, 0.4) is 0 Å². The molecule has 1 N–H and O–H groups in total. The molecule has 0 aromatic carbocycles. The van der Waals surface area contributed by atoms with Crippen molar-refractivity contribution in [3.63, 3.8) is 0 Å².